The Morgan fingerprint density at radius 2 is 1.62 bits per heavy atom. The molecule has 0 saturated heterocycles. The number of phenolic OH excluding ortho intramolecular Hbond substituents is 1. The first-order valence-corrected chi connectivity index (χ1v) is 8.57. The van der Waals surface area contributed by atoms with Crippen molar-refractivity contribution in [2.24, 2.45) is 0 Å². The molecule has 0 saturated carbocycles. The molecular formula is C15H16BrNO3S. The van der Waals surface area contributed by atoms with Crippen LogP contribution in [0.25, 0.3) is 0 Å². The Morgan fingerprint density at radius 3 is 2.14 bits per heavy atom. The van der Waals surface area contributed by atoms with Crippen molar-refractivity contribution in [3.63, 3.8) is 0 Å². The number of anilines is 1. The number of phenols is 1. The minimum absolute atomic E-state index is 0.0562. The number of aromatic hydroxyl groups is 1. The van der Waals surface area contributed by atoms with Gasteiger partial charge < -0.3 is 5.11 Å². The van der Waals surface area contributed by atoms with Crippen LogP contribution in [0.15, 0.2) is 39.7 Å². The number of nitrogens with one attached hydrogen (secondary N) is 1. The number of sulfonamides is 1. The molecule has 6 heteroatoms. The first-order valence-electron chi connectivity index (χ1n) is 6.30. The van der Waals surface area contributed by atoms with Gasteiger partial charge in [0.25, 0.3) is 10.0 Å². The van der Waals surface area contributed by atoms with Crippen molar-refractivity contribution < 1.29 is 13.5 Å². The van der Waals surface area contributed by atoms with E-state index in [2.05, 4.69) is 20.7 Å². The summed E-state index contributed by atoms with van der Waals surface area (Å²) in [7, 11) is -3.67. The molecule has 2 N–H and O–H groups in total. The molecule has 2 aromatic rings. The number of rotatable bonds is 3. The van der Waals surface area contributed by atoms with Gasteiger partial charge >= 0.3 is 0 Å². The first kappa shape index (κ1) is 15.9. The average molecular weight is 370 g/mol. The second-order valence-corrected chi connectivity index (χ2v) is 7.47. The average Bonchev–Trinajstić information content (AvgIpc) is 2.31. The van der Waals surface area contributed by atoms with E-state index >= 15 is 0 Å². The van der Waals surface area contributed by atoms with Gasteiger partial charge in [0.05, 0.1) is 15.1 Å². The number of hydrogen-bond donors (Lipinski definition) is 2. The van der Waals surface area contributed by atoms with Crippen LogP contribution in [0.5, 0.6) is 5.75 Å². The molecule has 21 heavy (non-hydrogen) atoms. The van der Waals surface area contributed by atoms with Crippen molar-refractivity contribution in [3.8, 4) is 5.75 Å². The first-order chi connectivity index (χ1) is 9.70. The Bertz CT molecular complexity index is 778. The fraction of sp³-hybridized carbons (Fsp3) is 0.200. The molecule has 0 amide bonds. The Labute approximate surface area is 133 Å². The monoisotopic (exact) mass is 369 g/mol. The normalized spacial score (nSPS) is 11.4. The van der Waals surface area contributed by atoms with E-state index in [4.69, 9.17) is 0 Å². The van der Waals surface area contributed by atoms with E-state index < -0.39 is 10.0 Å². The second kappa shape index (κ2) is 5.69. The predicted molar refractivity (Wildman–Crippen MR) is 87.3 cm³/mol. The summed E-state index contributed by atoms with van der Waals surface area (Å²) in [5, 5.41) is 9.45. The quantitative estimate of drug-likeness (QED) is 0.806. The molecule has 0 aliphatic rings. The number of benzene rings is 2. The van der Waals surface area contributed by atoms with E-state index in [1.807, 2.05) is 19.1 Å². The maximum atomic E-state index is 12.6. The van der Waals surface area contributed by atoms with Crippen LogP contribution in [-0.4, -0.2) is 13.5 Å². The molecule has 0 spiro atoms. The molecular weight excluding hydrogens is 354 g/mol. The van der Waals surface area contributed by atoms with Gasteiger partial charge in [-0.25, -0.2) is 8.42 Å². The standard InChI is InChI=1S/C15H16BrNO3S/c1-9-6-10(2)15(11(3)7-9)21(19,20)17-12-4-5-14(18)13(16)8-12/h4-8,17-18H,1-3H3. The third kappa shape index (κ3) is 3.39. The van der Waals surface area contributed by atoms with Crippen LogP contribution in [0.2, 0.25) is 0 Å². The summed E-state index contributed by atoms with van der Waals surface area (Å²) >= 11 is 3.16. The van der Waals surface area contributed by atoms with Gasteiger partial charge in [-0.3, -0.25) is 4.72 Å². The molecule has 4 nitrogen and oxygen atoms in total. The smallest absolute Gasteiger partial charge is 0.262 e. The number of hydrogen-bond acceptors (Lipinski definition) is 3. The van der Waals surface area contributed by atoms with Crippen LogP contribution in [0, 0.1) is 20.8 Å². The van der Waals surface area contributed by atoms with Crippen molar-refractivity contribution >= 4 is 31.6 Å². The van der Waals surface area contributed by atoms with Crippen molar-refractivity contribution in [1.29, 1.82) is 0 Å². The fourth-order valence-corrected chi connectivity index (χ4v) is 4.25. The van der Waals surface area contributed by atoms with Crippen LogP contribution in [0.1, 0.15) is 16.7 Å². The molecule has 0 radical (unpaired) electrons. The van der Waals surface area contributed by atoms with Crippen LogP contribution >= 0.6 is 15.9 Å². The van der Waals surface area contributed by atoms with Crippen LogP contribution in [0.3, 0.4) is 0 Å². The van der Waals surface area contributed by atoms with Crippen molar-refractivity contribution in [3.05, 3.63) is 51.5 Å². The Morgan fingerprint density at radius 1 is 1.05 bits per heavy atom. The van der Waals surface area contributed by atoms with Gasteiger partial charge in [0, 0.05) is 0 Å². The van der Waals surface area contributed by atoms with Crippen molar-refractivity contribution in [2.75, 3.05) is 4.72 Å². The van der Waals surface area contributed by atoms with Gasteiger partial charge in [0.2, 0.25) is 0 Å². The topological polar surface area (TPSA) is 66.4 Å². The summed E-state index contributed by atoms with van der Waals surface area (Å²) in [5.41, 5.74) is 2.83. The van der Waals surface area contributed by atoms with E-state index in [1.54, 1.807) is 13.8 Å². The van der Waals surface area contributed by atoms with Crippen LogP contribution in [0.4, 0.5) is 5.69 Å². The van der Waals surface area contributed by atoms with Crippen molar-refractivity contribution in [1.82, 2.24) is 0 Å². The Kier molecular flexibility index (Phi) is 4.30. The van der Waals surface area contributed by atoms with Crippen LogP contribution < -0.4 is 4.72 Å². The molecule has 0 aliphatic carbocycles. The van der Waals surface area contributed by atoms with E-state index in [0.29, 0.717) is 21.3 Å². The summed E-state index contributed by atoms with van der Waals surface area (Å²) in [6, 6.07) is 8.14. The number of halogens is 1. The van der Waals surface area contributed by atoms with E-state index in [9.17, 15) is 13.5 Å². The fourth-order valence-electron chi connectivity index (χ4n) is 2.37. The van der Waals surface area contributed by atoms with E-state index in [-0.39, 0.29) is 10.6 Å². The van der Waals surface area contributed by atoms with Crippen molar-refractivity contribution in [2.45, 2.75) is 25.7 Å². The molecule has 2 rings (SSSR count). The van der Waals surface area contributed by atoms with Gasteiger partial charge in [-0.15, -0.1) is 0 Å². The Hall–Kier alpha value is -1.53. The zero-order valence-corrected chi connectivity index (χ0v) is 14.3. The highest BCUT2D eigenvalue weighted by Gasteiger charge is 2.20. The van der Waals surface area contributed by atoms with Gasteiger partial charge in [0.15, 0.2) is 0 Å². The summed E-state index contributed by atoms with van der Waals surface area (Å²) in [4.78, 5) is 0.289. The third-order valence-corrected chi connectivity index (χ3v) is 5.39. The number of aryl methyl sites for hydroxylation is 3. The minimum atomic E-state index is -3.67. The summed E-state index contributed by atoms with van der Waals surface area (Å²) in [6.07, 6.45) is 0. The van der Waals surface area contributed by atoms with Crippen LogP contribution in [-0.2, 0) is 10.0 Å². The lowest BCUT2D eigenvalue weighted by Gasteiger charge is -2.14. The van der Waals surface area contributed by atoms with Gasteiger partial charge in [0.1, 0.15) is 5.75 Å². The molecule has 112 valence electrons. The Balaban J connectivity index is 2.46. The largest absolute Gasteiger partial charge is 0.507 e. The predicted octanol–water partition coefficient (Wildman–Crippen LogP) is 3.88. The van der Waals surface area contributed by atoms with Gasteiger partial charge in [-0.1, -0.05) is 17.7 Å². The highest BCUT2D eigenvalue weighted by Crippen LogP contribution is 2.29. The zero-order chi connectivity index (χ0) is 15.8. The molecule has 0 aliphatic heterocycles. The second-order valence-electron chi connectivity index (χ2n) is 5.00. The van der Waals surface area contributed by atoms with Gasteiger partial charge in [-0.05, 0) is 66.0 Å². The molecule has 0 fully saturated rings. The van der Waals surface area contributed by atoms with E-state index in [0.717, 1.165) is 5.56 Å². The summed E-state index contributed by atoms with van der Waals surface area (Å²) in [5.74, 6) is 0.0562. The SMILES string of the molecule is Cc1cc(C)c(S(=O)(=O)Nc2ccc(O)c(Br)c2)c(C)c1. The highest BCUT2D eigenvalue weighted by molar-refractivity contribution is 9.10. The van der Waals surface area contributed by atoms with E-state index in [1.165, 1.54) is 18.2 Å². The molecule has 0 aromatic heterocycles. The molecule has 0 heterocycles. The summed E-state index contributed by atoms with van der Waals surface area (Å²) in [6.45, 7) is 5.49. The highest BCUT2D eigenvalue weighted by atomic mass is 79.9. The molecule has 0 unspecified atom stereocenters. The lowest BCUT2D eigenvalue weighted by Crippen LogP contribution is -2.15. The zero-order valence-electron chi connectivity index (χ0n) is 11.9. The maximum Gasteiger partial charge on any atom is 0.262 e. The molecule has 0 bridgehead atoms. The third-order valence-electron chi connectivity index (χ3n) is 3.07. The minimum Gasteiger partial charge on any atom is -0.507 e. The lowest BCUT2D eigenvalue weighted by molar-refractivity contribution is 0.472. The maximum absolute atomic E-state index is 12.6. The molecule has 0 atom stereocenters. The summed E-state index contributed by atoms with van der Waals surface area (Å²) < 4.78 is 28.1. The van der Waals surface area contributed by atoms with Gasteiger partial charge in [-0.2, -0.15) is 0 Å². The lowest BCUT2D eigenvalue weighted by atomic mass is 10.1. The molecule has 2 aromatic carbocycles.